The van der Waals surface area contributed by atoms with Gasteiger partial charge in [0.05, 0.1) is 25.4 Å². The zero-order valence-corrected chi connectivity index (χ0v) is 39.3. The number of carbonyl (C=O) groups excluding carboxylic acids is 1. The molecule has 1 fully saturated rings. The quantitative estimate of drug-likeness (QED) is 0.0112. The molecule has 7 atom stereocenters. The summed E-state index contributed by atoms with van der Waals surface area (Å²) in [5.74, 6) is -0.202. The van der Waals surface area contributed by atoms with E-state index in [-0.39, 0.29) is 24.8 Å². The largest absolute Gasteiger partial charge is 0.394 e. The van der Waals surface area contributed by atoms with Crippen LogP contribution in [-0.2, 0) is 27.8 Å². The average Bonchev–Trinajstić information content (AvgIpc) is 3.26. The molecule has 1 aliphatic rings. The van der Waals surface area contributed by atoms with E-state index in [1.54, 1.807) is 6.08 Å². The van der Waals surface area contributed by atoms with Gasteiger partial charge in [0, 0.05) is 6.42 Å². The third kappa shape index (κ3) is 32.2. The lowest BCUT2D eigenvalue weighted by Crippen LogP contribution is -2.60. The van der Waals surface area contributed by atoms with Gasteiger partial charge >= 0.3 is 0 Å². The van der Waals surface area contributed by atoms with E-state index in [1.165, 1.54) is 161 Å². The van der Waals surface area contributed by atoms with Crippen molar-refractivity contribution in [2.45, 2.75) is 262 Å². The summed E-state index contributed by atoms with van der Waals surface area (Å²) in [6, 6.07) is -0.845. The molecule has 1 rings (SSSR count). The second-order valence-corrected chi connectivity index (χ2v) is 17.6. The van der Waals surface area contributed by atoms with Crippen LogP contribution in [0.4, 0.5) is 0 Å². The Kier molecular flexibility index (Phi) is 40.7. The lowest BCUT2D eigenvalue weighted by molar-refractivity contribution is -0.435. The molecular formula is C48H91NO11S. The second-order valence-electron chi connectivity index (χ2n) is 17.2. The van der Waals surface area contributed by atoms with E-state index in [2.05, 4.69) is 40.7 Å². The van der Waals surface area contributed by atoms with Gasteiger partial charge in [0.15, 0.2) is 18.6 Å². The second kappa shape index (κ2) is 42.8. The number of allylic oxidation sites excluding steroid dienone is 3. The molecular weight excluding hydrogens is 799 g/mol. The highest BCUT2D eigenvalue weighted by Gasteiger charge is 2.46. The maximum Gasteiger partial charge on any atom is 0.220 e. The molecule has 0 aromatic rings. The minimum Gasteiger partial charge on any atom is -0.394 e. The van der Waals surface area contributed by atoms with Crippen molar-refractivity contribution in [1.82, 2.24) is 5.32 Å². The van der Waals surface area contributed by atoms with Crippen LogP contribution < -0.4 is 5.32 Å². The first-order valence-corrected chi connectivity index (χ1v) is 25.4. The molecule has 1 heterocycles. The Morgan fingerprint density at radius 1 is 0.656 bits per heavy atom. The van der Waals surface area contributed by atoms with Crippen LogP contribution in [0.1, 0.15) is 219 Å². The molecule has 13 heteroatoms. The van der Waals surface area contributed by atoms with Crippen LogP contribution in [0.25, 0.3) is 0 Å². The number of aliphatic hydroxyl groups is 4. The van der Waals surface area contributed by atoms with Crippen molar-refractivity contribution < 1.29 is 53.5 Å². The number of amides is 1. The molecule has 1 aliphatic heterocycles. The van der Waals surface area contributed by atoms with E-state index in [0.717, 1.165) is 38.5 Å². The summed E-state index contributed by atoms with van der Waals surface area (Å²) in [6.07, 6.45) is 39.0. The van der Waals surface area contributed by atoms with E-state index in [0.29, 0.717) is 6.42 Å². The summed E-state index contributed by atoms with van der Waals surface area (Å²) in [5.41, 5.74) is 0. The topological polar surface area (TPSA) is 176 Å². The summed E-state index contributed by atoms with van der Waals surface area (Å²) < 4.78 is 20.8. The van der Waals surface area contributed by atoms with Gasteiger partial charge in [-0.25, -0.2) is 5.26 Å². The molecule has 61 heavy (non-hydrogen) atoms. The van der Waals surface area contributed by atoms with Crippen LogP contribution in [0.5, 0.6) is 0 Å². The van der Waals surface area contributed by atoms with Crippen molar-refractivity contribution >= 4 is 18.2 Å². The fourth-order valence-corrected chi connectivity index (χ4v) is 8.17. The minimum atomic E-state index is -1.55. The van der Waals surface area contributed by atoms with Crippen molar-refractivity contribution in [1.29, 1.82) is 0 Å². The van der Waals surface area contributed by atoms with Gasteiger partial charge in [-0.2, -0.15) is 0 Å². The van der Waals surface area contributed by atoms with Gasteiger partial charge in [-0.05, 0) is 44.9 Å². The third-order valence-electron chi connectivity index (χ3n) is 11.7. The summed E-state index contributed by atoms with van der Waals surface area (Å²) >= 11 is 0.172. The predicted octanol–water partition coefficient (Wildman–Crippen LogP) is 11.3. The third-order valence-corrected chi connectivity index (χ3v) is 12.1. The maximum atomic E-state index is 13.1. The van der Waals surface area contributed by atoms with Crippen LogP contribution >= 0.6 is 12.3 Å². The molecule has 1 amide bonds. The smallest absolute Gasteiger partial charge is 0.220 e. The Morgan fingerprint density at radius 2 is 1.10 bits per heavy atom. The van der Waals surface area contributed by atoms with Crippen LogP contribution in [0.2, 0.25) is 0 Å². The van der Waals surface area contributed by atoms with Gasteiger partial charge in [-0.1, -0.05) is 197 Å². The lowest BCUT2D eigenvalue weighted by Gasteiger charge is -2.41. The normalized spacial score (nSPS) is 20.5. The molecule has 12 nitrogen and oxygen atoms in total. The zero-order chi connectivity index (χ0) is 44.4. The van der Waals surface area contributed by atoms with Crippen molar-refractivity contribution in [2.75, 3.05) is 13.2 Å². The fourth-order valence-electron chi connectivity index (χ4n) is 7.79. The molecule has 0 aliphatic carbocycles. The molecule has 5 unspecified atom stereocenters. The van der Waals surface area contributed by atoms with E-state index in [1.807, 2.05) is 6.08 Å². The first kappa shape index (κ1) is 57.9. The van der Waals surface area contributed by atoms with Crippen LogP contribution in [0.15, 0.2) is 24.3 Å². The highest BCUT2D eigenvalue weighted by Crippen LogP contribution is 2.28. The number of carbonyl (C=O) groups is 1. The Hall–Kier alpha value is -1.10. The fraction of sp³-hybridized carbons (Fsp3) is 0.896. The number of hydrogen-bond donors (Lipinski definition) is 6. The molecule has 0 bridgehead atoms. The first-order valence-electron chi connectivity index (χ1n) is 24.7. The predicted molar refractivity (Wildman–Crippen MR) is 246 cm³/mol. The SMILES string of the molecule is CCCCCCCC/C=C/CCCCCCCCCCCCCC(=O)N[C@@H](COC1OC(CO)C(O)C(OSOOO)C1O)[C@H](O)/C=C/CCCCCCCCCCCCC. The van der Waals surface area contributed by atoms with Crippen LogP contribution in [0.3, 0.4) is 0 Å². The number of unbranched alkanes of at least 4 members (excludes halogenated alkanes) is 28. The molecule has 0 radical (unpaired) electrons. The molecule has 0 aromatic carbocycles. The van der Waals surface area contributed by atoms with Gasteiger partial charge in [-0.3, -0.25) is 8.98 Å². The van der Waals surface area contributed by atoms with Gasteiger partial charge in [0.25, 0.3) is 0 Å². The molecule has 0 aromatic heterocycles. The van der Waals surface area contributed by atoms with Crippen molar-refractivity contribution in [3.05, 3.63) is 24.3 Å². The summed E-state index contributed by atoms with van der Waals surface area (Å²) in [5, 5.41) is 57.1. The number of aliphatic hydroxyl groups excluding tert-OH is 4. The Bertz CT molecular complexity index is 1020. The molecule has 1 saturated heterocycles. The lowest BCUT2D eigenvalue weighted by atomic mass is 9.99. The van der Waals surface area contributed by atoms with Gasteiger partial charge in [0.2, 0.25) is 5.91 Å². The summed E-state index contributed by atoms with van der Waals surface area (Å²) in [4.78, 5) is 13.1. The Labute approximate surface area is 375 Å². The van der Waals surface area contributed by atoms with E-state index >= 15 is 0 Å². The molecule has 0 spiro atoms. The zero-order valence-electron chi connectivity index (χ0n) is 38.5. The highest BCUT2D eigenvalue weighted by molar-refractivity contribution is 7.89. The van der Waals surface area contributed by atoms with Gasteiger partial charge in [-0.15, -0.1) is 4.33 Å². The number of hydrogen-bond acceptors (Lipinski definition) is 12. The minimum absolute atomic E-state index is 0.172. The van der Waals surface area contributed by atoms with Gasteiger partial charge < -0.3 is 35.2 Å². The summed E-state index contributed by atoms with van der Waals surface area (Å²) in [6.45, 7) is 3.69. The van der Waals surface area contributed by atoms with E-state index in [4.69, 9.17) is 18.9 Å². The number of rotatable bonds is 44. The van der Waals surface area contributed by atoms with Crippen molar-refractivity contribution in [2.24, 2.45) is 0 Å². The van der Waals surface area contributed by atoms with Crippen LogP contribution in [0, 0.1) is 0 Å². The highest BCUT2D eigenvalue weighted by atomic mass is 32.2. The number of ether oxygens (including phenoxy) is 2. The van der Waals surface area contributed by atoms with E-state index in [9.17, 15) is 25.2 Å². The molecule has 360 valence electrons. The Balaban J connectivity index is 2.42. The molecule has 0 saturated carbocycles. The molecule has 6 N–H and O–H groups in total. The summed E-state index contributed by atoms with van der Waals surface area (Å²) in [7, 11) is 0. The van der Waals surface area contributed by atoms with Crippen molar-refractivity contribution in [3.63, 3.8) is 0 Å². The average molecular weight is 890 g/mol. The van der Waals surface area contributed by atoms with Crippen molar-refractivity contribution in [3.8, 4) is 0 Å². The monoisotopic (exact) mass is 890 g/mol. The van der Waals surface area contributed by atoms with E-state index < -0.39 is 49.5 Å². The Morgan fingerprint density at radius 3 is 1.56 bits per heavy atom. The van der Waals surface area contributed by atoms with Crippen LogP contribution in [-0.4, -0.2) is 87.7 Å². The first-order chi connectivity index (χ1) is 29.9. The van der Waals surface area contributed by atoms with Gasteiger partial charge in [0.1, 0.15) is 24.4 Å². The number of nitrogens with one attached hydrogen (secondary N) is 1. The maximum absolute atomic E-state index is 13.1. The standard InChI is InChI=1S/C48H91NO11S/c1-3-5-7-9-11-13-15-17-18-19-20-21-22-23-24-26-28-30-32-34-36-38-44(52)49-41(42(51)37-35-33-31-29-27-25-16-14-12-10-8-6-4-2)40-56-48-46(54)47(58-61-60-59-55)45(53)43(39-50)57-48/h17-18,35,37,41-43,45-48,50-51,53-55H,3-16,19-34,36,38-40H2,1-2H3,(H,49,52)/b18-17+,37-35+/t41-,42+,43?,45?,46?,47?,48?/m0/s1.